The Morgan fingerprint density at radius 3 is 2.66 bits per heavy atom. The molecule has 1 atom stereocenters. The molecule has 9 heteroatoms. The van der Waals surface area contributed by atoms with Crippen molar-refractivity contribution in [2.45, 2.75) is 19.9 Å². The van der Waals surface area contributed by atoms with Gasteiger partial charge in [0.15, 0.2) is 18.1 Å². The zero-order valence-electron chi connectivity index (χ0n) is 18.2. The van der Waals surface area contributed by atoms with E-state index >= 15 is 0 Å². The number of carbonyl (C=O) groups excluding carboxylic acids is 2. The van der Waals surface area contributed by atoms with E-state index in [1.807, 2.05) is 24.4 Å². The molecule has 4 rings (SSSR count). The number of amides is 2. The van der Waals surface area contributed by atoms with Crippen LogP contribution in [-0.4, -0.2) is 43.7 Å². The summed E-state index contributed by atoms with van der Waals surface area (Å²) in [5.74, 6) is 0.966. The van der Waals surface area contributed by atoms with Crippen LogP contribution in [0.4, 0.5) is 11.4 Å². The monoisotopic (exact) mass is 453 g/mol. The van der Waals surface area contributed by atoms with Crippen LogP contribution in [0.15, 0.2) is 41.8 Å². The lowest BCUT2D eigenvalue weighted by Crippen LogP contribution is -2.49. The molecule has 0 saturated heterocycles. The lowest BCUT2D eigenvalue weighted by Gasteiger charge is -2.33. The summed E-state index contributed by atoms with van der Waals surface area (Å²) < 4.78 is 16.1. The number of rotatable bonds is 6. The molecular weight excluding hydrogens is 430 g/mol. The molecule has 1 N–H and O–H groups in total. The van der Waals surface area contributed by atoms with Gasteiger partial charge < -0.3 is 19.5 Å². The first-order chi connectivity index (χ1) is 15.4. The van der Waals surface area contributed by atoms with Gasteiger partial charge in [-0.1, -0.05) is 0 Å². The summed E-state index contributed by atoms with van der Waals surface area (Å²) in [6.45, 7) is 3.49. The summed E-state index contributed by atoms with van der Waals surface area (Å²) in [5, 5.41) is 5.75. The first kappa shape index (κ1) is 21.6. The number of hydrogen-bond acceptors (Lipinski definition) is 7. The molecule has 1 aromatic heterocycles. The fraction of sp³-hybridized carbons (Fsp3) is 0.261. The van der Waals surface area contributed by atoms with Crippen LogP contribution in [0.1, 0.15) is 11.9 Å². The van der Waals surface area contributed by atoms with E-state index in [0.717, 1.165) is 16.3 Å². The van der Waals surface area contributed by atoms with Crippen molar-refractivity contribution in [2.75, 3.05) is 31.0 Å². The number of methoxy groups -OCH3 is 2. The molecule has 2 amide bonds. The van der Waals surface area contributed by atoms with Crippen LogP contribution in [0.3, 0.4) is 0 Å². The van der Waals surface area contributed by atoms with Gasteiger partial charge in [-0.15, -0.1) is 11.3 Å². The van der Waals surface area contributed by atoms with Crippen molar-refractivity contribution in [3.05, 3.63) is 46.8 Å². The summed E-state index contributed by atoms with van der Waals surface area (Å²) in [7, 11) is 3.07. The van der Waals surface area contributed by atoms with Crippen LogP contribution in [-0.2, 0) is 9.59 Å². The second kappa shape index (κ2) is 8.88. The lowest BCUT2D eigenvalue weighted by atomic mass is 10.1. The summed E-state index contributed by atoms with van der Waals surface area (Å²) in [4.78, 5) is 31.8. The second-order valence-corrected chi connectivity index (χ2v) is 8.28. The third-order valence-electron chi connectivity index (χ3n) is 5.17. The number of ether oxygens (including phenoxy) is 3. The van der Waals surface area contributed by atoms with Gasteiger partial charge in [0, 0.05) is 22.7 Å². The smallest absolute Gasteiger partial charge is 0.265 e. The first-order valence-electron chi connectivity index (χ1n) is 9.95. The molecule has 0 bridgehead atoms. The maximum atomic E-state index is 13.1. The van der Waals surface area contributed by atoms with E-state index in [0.29, 0.717) is 28.6 Å². The highest BCUT2D eigenvalue weighted by Crippen LogP contribution is 2.37. The molecule has 0 radical (unpaired) electrons. The van der Waals surface area contributed by atoms with Gasteiger partial charge in [-0.25, -0.2) is 4.98 Å². The van der Waals surface area contributed by atoms with E-state index in [4.69, 9.17) is 14.2 Å². The summed E-state index contributed by atoms with van der Waals surface area (Å²) in [6, 6.07) is 9.85. The molecule has 0 aliphatic carbocycles. The minimum absolute atomic E-state index is 0.129. The molecule has 32 heavy (non-hydrogen) atoms. The summed E-state index contributed by atoms with van der Waals surface area (Å²) in [6.07, 6.45) is 0. The molecule has 1 aliphatic rings. The average Bonchev–Trinajstić information content (AvgIpc) is 3.24. The standard InChI is InChI=1S/C23H23N3O5S/c1-13(23(28)25-16-6-8-20(29-3)21(10-16)30-4)26-18-9-15(17-12-32-14(2)24-17)5-7-19(18)31-11-22(26)27/h5-10,12-13H,11H2,1-4H3,(H,25,28). The van der Waals surface area contributed by atoms with Crippen LogP contribution in [0, 0.1) is 6.92 Å². The Hall–Kier alpha value is -3.59. The van der Waals surface area contributed by atoms with Crippen LogP contribution < -0.4 is 24.4 Å². The van der Waals surface area contributed by atoms with Crippen molar-refractivity contribution in [1.82, 2.24) is 4.98 Å². The fourth-order valence-electron chi connectivity index (χ4n) is 3.53. The predicted molar refractivity (Wildman–Crippen MR) is 123 cm³/mol. The molecule has 0 saturated carbocycles. The number of aromatic nitrogens is 1. The SMILES string of the molecule is COc1ccc(NC(=O)C(C)N2C(=O)COc3ccc(-c4csc(C)n4)cc32)cc1OC. The number of anilines is 2. The van der Waals surface area contributed by atoms with Crippen LogP contribution in [0.5, 0.6) is 17.2 Å². The summed E-state index contributed by atoms with van der Waals surface area (Å²) >= 11 is 1.55. The number of aryl methyl sites for hydroxylation is 1. The Labute approximate surface area is 189 Å². The third kappa shape index (κ3) is 4.11. The number of hydrogen-bond donors (Lipinski definition) is 1. The Morgan fingerprint density at radius 2 is 1.97 bits per heavy atom. The van der Waals surface area contributed by atoms with Gasteiger partial charge in [0.1, 0.15) is 11.8 Å². The number of fused-ring (bicyclic) bond motifs is 1. The van der Waals surface area contributed by atoms with Gasteiger partial charge in [0.25, 0.3) is 5.91 Å². The van der Waals surface area contributed by atoms with E-state index in [-0.39, 0.29) is 18.4 Å². The Bertz CT molecular complexity index is 1180. The van der Waals surface area contributed by atoms with Crippen molar-refractivity contribution in [3.63, 3.8) is 0 Å². The van der Waals surface area contributed by atoms with Crippen LogP contribution >= 0.6 is 11.3 Å². The molecule has 1 aliphatic heterocycles. The van der Waals surface area contributed by atoms with Crippen molar-refractivity contribution in [1.29, 1.82) is 0 Å². The summed E-state index contributed by atoms with van der Waals surface area (Å²) in [5.41, 5.74) is 2.74. The molecule has 0 fully saturated rings. The first-order valence-corrected chi connectivity index (χ1v) is 10.8. The highest BCUT2D eigenvalue weighted by molar-refractivity contribution is 7.09. The number of nitrogens with zero attached hydrogens (tertiary/aromatic N) is 2. The van der Waals surface area contributed by atoms with Gasteiger partial charge >= 0.3 is 0 Å². The molecule has 8 nitrogen and oxygen atoms in total. The quantitative estimate of drug-likeness (QED) is 0.609. The zero-order chi connectivity index (χ0) is 22.8. The molecule has 166 valence electrons. The maximum Gasteiger partial charge on any atom is 0.265 e. The van der Waals surface area contributed by atoms with Crippen molar-refractivity contribution >= 4 is 34.5 Å². The average molecular weight is 454 g/mol. The highest BCUT2D eigenvalue weighted by Gasteiger charge is 2.33. The van der Waals surface area contributed by atoms with Gasteiger partial charge in [0.05, 0.1) is 30.6 Å². The zero-order valence-corrected chi connectivity index (χ0v) is 19.0. The molecule has 0 spiro atoms. The van der Waals surface area contributed by atoms with E-state index in [9.17, 15) is 9.59 Å². The van der Waals surface area contributed by atoms with E-state index in [1.54, 1.807) is 49.6 Å². The van der Waals surface area contributed by atoms with E-state index in [1.165, 1.54) is 12.0 Å². The number of benzene rings is 2. The van der Waals surface area contributed by atoms with Crippen molar-refractivity contribution < 1.29 is 23.8 Å². The van der Waals surface area contributed by atoms with Crippen molar-refractivity contribution in [2.24, 2.45) is 0 Å². The topological polar surface area (TPSA) is 90.0 Å². The number of thiazole rings is 1. The van der Waals surface area contributed by atoms with Crippen molar-refractivity contribution in [3.8, 4) is 28.5 Å². The number of carbonyl (C=O) groups is 2. The van der Waals surface area contributed by atoms with E-state index < -0.39 is 6.04 Å². The Morgan fingerprint density at radius 1 is 1.19 bits per heavy atom. The fourth-order valence-corrected chi connectivity index (χ4v) is 4.15. The second-order valence-electron chi connectivity index (χ2n) is 7.22. The van der Waals surface area contributed by atoms with Crippen LogP contribution in [0.25, 0.3) is 11.3 Å². The minimum Gasteiger partial charge on any atom is -0.493 e. The van der Waals surface area contributed by atoms with Crippen LogP contribution in [0.2, 0.25) is 0 Å². The minimum atomic E-state index is -0.773. The van der Waals surface area contributed by atoms with Gasteiger partial charge in [-0.2, -0.15) is 0 Å². The molecule has 1 unspecified atom stereocenters. The highest BCUT2D eigenvalue weighted by atomic mass is 32.1. The Kier molecular flexibility index (Phi) is 6.00. The molecule has 2 heterocycles. The third-order valence-corrected chi connectivity index (χ3v) is 5.94. The largest absolute Gasteiger partial charge is 0.493 e. The lowest BCUT2D eigenvalue weighted by molar-refractivity contribution is -0.125. The van der Waals surface area contributed by atoms with E-state index in [2.05, 4.69) is 10.3 Å². The predicted octanol–water partition coefficient (Wildman–Crippen LogP) is 3.89. The normalized spacial score (nSPS) is 13.8. The Balaban J connectivity index is 1.61. The maximum absolute atomic E-state index is 13.1. The molecule has 3 aromatic rings. The van der Waals surface area contributed by atoms with Gasteiger partial charge in [0.2, 0.25) is 5.91 Å². The van der Waals surface area contributed by atoms with Gasteiger partial charge in [-0.05, 0) is 44.2 Å². The molecular formula is C23H23N3O5S. The molecule has 2 aromatic carbocycles. The number of nitrogens with one attached hydrogen (secondary N) is 1. The van der Waals surface area contributed by atoms with Gasteiger partial charge in [-0.3, -0.25) is 14.5 Å².